The minimum Gasteiger partial charge on any atom is -0.338 e. The lowest BCUT2D eigenvalue weighted by Crippen LogP contribution is -2.48. The van der Waals surface area contributed by atoms with Gasteiger partial charge in [0.1, 0.15) is 0 Å². The van der Waals surface area contributed by atoms with E-state index >= 15 is 0 Å². The Labute approximate surface area is 73.1 Å². The molecule has 1 saturated carbocycles. The summed E-state index contributed by atoms with van der Waals surface area (Å²) in [7, 11) is 0. The number of hydrogen-bond donors (Lipinski definition) is 1. The second-order valence-electron chi connectivity index (χ2n) is 3.83. The molecule has 0 aromatic carbocycles. The first-order valence-electron chi connectivity index (χ1n) is 4.89. The fourth-order valence-electron chi connectivity index (χ4n) is 1.84. The topological polar surface area (TPSA) is 32.3 Å². The van der Waals surface area contributed by atoms with E-state index in [9.17, 15) is 4.79 Å². The molecule has 0 atom stereocenters. The highest BCUT2D eigenvalue weighted by molar-refractivity contribution is 5.74. The maximum atomic E-state index is 11.3. The first kappa shape index (κ1) is 7.90. The molecule has 3 heteroatoms. The van der Waals surface area contributed by atoms with Crippen molar-refractivity contribution in [3.8, 4) is 0 Å². The van der Waals surface area contributed by atoms with Crippen molar-refractivity contribution in [2.45, 2.75) is 25.7 Å². The van der Waals surface area contributed by atoms with Gasteiger partial charge in [0.05, 0.1) is 0 Å². The third-order valence-corrected chi connectivity index (χ3v) is 2.87. The summed E-state index contributed by atoms with van der Waals surface area (Å²) in [6, 6.07) is 0.146. The van der Waals surface area contributed by atoms with Gasteiger partial charge in [-0.25, -0.2) is 4.79 Å². The Morgan fingerprint density at radius 1 is 1.42 bits per heavy atom. The lowest BCUT2D eigenvalue weighted by Gasteiger charge is -2.34. The first-order chi connectivity index (χ1) is 5.86. The molecule has 1 aliphatic heterocycles. The zero-order chi connectivity index (χ0) is 8.39. The molecule has 3 nitrogen and oxygen atoms in total. The molecule has 68 valence electrons. The molecular weight excluding hydrogens is 152 g/mol. The van der Waals surface area contributed by atoms with Gasteiger partial charge in [0.15, 0.2) is 0 Å². The van der Waals surface area contributed by atoms with Gasteiger partial charge in [-0.1, -0.05) is 6.42 Å². The normalized spacial score (nSPS) is 25.0. The molecular formula is C9H16N2O. The van der Waals surface area contributed by atoms with E-state index in [-0.39, 0.29) is 6.03 Å². The lowest BCUT2D eigenvalue weighted by atomic mass is 9.85. The van der Waals surface area contributed by atoms with E-state index in [0.717, 1.165) is 32.0 Å². The van der Waals surface area contributed by atoms with Crippen LogP contribution in [0.1, 0.15) is 25.7 Å². The Hall–Kier alpha value is -0.730. The van der Waals surface area contributed by atoms with E-state index in [1.165, 1.54) is 19.3 Å². The fraction of sp³-hybridized carbons (Fsp3) is 0.889. The van der Waals surface area contributed by atoms with Gasteiger partial charge < -0.3 is 10.2 Å². The van der Waals surface area contributed by atoms with Crippen LogP contribution < -0.4 is 5.32 Å². The minimum absolute atomic E-state index is 0.146. The number of carbonyl (C=O) groups is 1. The molecule has 1 N–H and O–H groups in total. The van der Waals surface area contributed by atoms with Gasteiger partial charge in [-0.3, -0.25) is 0 Å². The molecule has 2 amide bonds. The van der Waals surface area contributed by atoms with Crippen LogP contribution in [0.15, 0.2) is 0 Å². The van der Waals surface area contributed by atoms with Crippen LogP contribution in [0.5, 0.6) is 0 Å². The van der Waals surface area contributed by atoms with Crippen molar-refractivity contribution in [2.24, 2.45) is 5.92 Å². The van der Waals surface area contributed by atoms with Gasteiger partial charge in [0.25, 0.3) is 0 Å². The summed E-state index contributed by atoms with van der Waals surface area (Å²) in [5.41, 5.74) is 0. The molecule has 0 radical (unpaired) electrons. The predicted octanol–water partition coefficient (Wildman–Crippen LogP) is 1.20. The van der Waals surface area contributed by atoms with Crippen LogP contribution in [0.25, 0.3) is 0 Å². The Kier molecular flexibility index (Phi) is 2.19. The Balaban J connectivity index is 1.80. The van der Waals surface area contributed by atoms with E-state index < -0.39 is 0 Å². The molecule has 1 heterocycles. The number of nitrogens with zero attached hydrogens (tertiary/aromatic N) is 1. The molecule has 0 unspecified atom stereocenters. The number of nitrogens with one attached hydrogen (secondary N) is 1. The molecule has 2 rings (SSSR count). The van der Waals surface area contributed by atoms with Crippen molar-refractivity contribution < 1.29 is 4.79 Å². The molecule has 0 spiro atoms. The van der Waals surface area contributed by atoms with Crippen LogP contribution in [0.2, 0.25) is 0 Å². The summed E-state index contributed by atoms with van der Waals surface area (Å²) in [6.45, 7) is 2.81. The van der Waals surface area contributed by atoms with Crippen LogP contribution in [-0.4, -0.2) is 30.6 Å². The van der Waals surface area contributed by atoms with E-state index in [4.69, 9.17) is 0 Å². The highest BCUT2D eigenvalue weighted by Gasteiger charge is 2.24. The van der Waals surface area contributed by atoms with Crippen molar-refractivity contribution in [1.29, 1.82) is 0 Å². The number of carbonyl (C=O) groups excluding carboxylic acids is 1. The van der Waals surface area contributed by atoms with Crippen molar-refractivity contribution in [3.63, 3.8) is 0 Å². The molecule has 12 heavy (non-hydrogen) atoms. The molecule has 2 fully saturated rings. The maximum Gasteiger partial charge on any atom is 0.317 e. The molecule has 0 bridgehead atoms. The molecule has 0 aromatic rings. The second-order valence-corrected chi connectivity index (χ2v) is 3.83. The molecule has 2 aliphatic rings. The van der Waals surface area contributed by atoms with Gasteiger partial charge in [0.2, 0.25) is 0 Å². The quantitative estimate of drug-likeness (QED) is 0.660. The summed E-state index contributed by atoms with van der Waals surface area (Å²) in [5, 5.41) is 2.87. The van der Waals surface area contributed by atoms with Gasteiger partial charge in [-0.15, -0.1) is 0 Å². The van der Waals surface area contributed by atoms with Crippen LogP contribution >= 0.6 is 0 Å². The molecule has 1 saturated heterocycles. The number of amides is 2. The fourth-order valence-corrected chi connectivity index (χ4v) is 1.84. The maximum absolute atomic E-state index is 11.3. The smallest absolute Gasteiger partial charge is 0.317 e. The molecule has 1 aliphatic carbocycles. The largest absolute Gasteiger partial charge is 0.338 e. The predicted molar refractivity (Wildman–Crippen MR) is 46.9 cm³/mol. The first-order valence-corrected chi connectivity index (χ1v) is 4.89. The van der Waals surface area contributed by atoms with Gasteiger partial charge in [0, 0.05) is 19.6 Å². The standard InChI is InChI=1S/C9H16N2O/c12-9-10-5-2-6-11(9)7-8-3-1-4-8/h8H,1-7H2,(H,10,12). The summed E-state index contributed by atoms with van der Waals surface area (Å²) in [6.07, 6.45) is 5.12. The minimum atomic E-state index is 0.146. The van der Waals surface area contributed by atoms with Crippen LogP contribution in [-0.2, 0) is 0 Å². The molecule has 0 aromatic heterocycles. The van der Waals surface area contributed by atoms with E-state index in [1.807, 2.05) is 4.90 Å². The summed E-state index contributed by atoms with van der Waals surface area (Å²) in [4.78, 5) is 13.3. The van der Waals surface area contributed by atoms with Crippen molar-refractivity contribution in [3.05, 3.63) is 0 Å². The SMILES string of the molecule is O=C1NCCCN1CC1CCC1. The van der Waals surface area contributed by atoms with Crippen LogP contribution in [0, 0.1) is 5.92 Å². The summed E-state index contributed by atoms with van der Waals surface area (Å²) < 4.78 is 0. The second kappa shape index (κ2) is 3.33. The van der Waals surface area contributed by atoms with Gasteiger partial charge in [-0.2, -0.15) is 0 Å². The van der Waals surface area contributed by atoms with E-state index in [0.29, 0.717) is 0 Å². The zero-order valence-electron chi connectivity index (χ0n) is 7.38. The monoisotopic (exact) mass is 168 g/mol. The van der Waals surface area contributed by atoms with Crippen LogP contribution in [0.3, 0.4) is 0 Å². The van der Waals surface area contributed by atoms with Crippen molar-refractivity contribution in [2.75, 3.05) is 19.6 Å². The van der Waals surface area contributed by atoms with E-state index in [2.05, 4.69) is 5.32 Å². The van der Waals surface area contributed by atoms with E-state index in [1.54, 1.807) is 0 Å². The Morgan fingerprint density at radius 3 is 2.83 bits per heavy atom. The Bertz CT molecular complexity index is 177. The van der Waals surface area contributed by atoms with Crippen LogP contribution in [0.4, 0.5) is 4.79 Å². The number of hydrogen-bond acceptors (Lipinski definition) is 1. The average Bonchev–Trinajstić information content (AvgIpc) is 2.00. The third-order valence-electron chi connectivity index (χ3n) is 2.87. The zero-order valence-corrected chi connectivity index (χ0v) is 7.38. The third kappa shape index (κ3) is 1.54. The number of urea groups is 1. The van der Waals surface area contributed by atoms with Crippen molar-refractivity contribution >= 4 is 6.03 Å². The summed E-state index contributed by atoms with van der Waals surface area (Å²) >= 11 is 0. The lowest BCUT2D eigenvalue weighted by molar-refractivity contribution is 0.157. The average molecular weight is 168 g/mol. The highest BCUT2D eigenvalue weighted by Crippen LogP contribution is 2.27. The number of rotatable bonds is 2. The Morgan fingerprint density at radius 2 is 2.25 bits per heavy atom. The summed E-state index contributed by atoms with van der Waals surface area (Å²) in [5.74, 6) is 0.800. The van der Waals surface area contributed by atoms with Crippen molar-refractivity contribution in [1.82, 2.24) is 10.2 Å². The highest BCUT2D eigenvalue weighted by atomic mass is 16.2. The van der Waals surface area contributed by atoms with Gasteiger partial charge >= 0.3 is 6.03 Å². The van der Waals surface area contributed by atoms with Gasteiger partial charge in [-0.05, 0) is 25.2 Å².